The van der Waals surface area contributed by atoms with Crippen molar-refractivity contribution in [2.75, 3.05) is 7.11 Å². The Bertz CT molecular complexity index is 517. The van der Waals surface area contributed by atoms with E-state index < -0.39 is 6.04 Å². The number of methoxy groups -OCH3 is 1. The summed E-state index contributed by atoms with van der Waals surface area (Å²) < 4.78 is 4.85. The molecule has 0 saturated carbocycles. The van der Waals surface area contributed by atoms with Gasteiger partial charge in [0.15, 0.2) is 0 Å². The van der Waals surface area contributed by atoms with Crippen molar-refractivity contribution in [2.45, 2.75) is 12.6 Å². The van der Waals surface area contributed by atoms with Gasteiger partial charge in [-0.05, 0) is 11.1 Å². The van der Waals surface area contributed by atoms with Crippen LogP contribution in [-0.2, 0) is 16.1 Å². The van der Waals surface area contributed by atoms with E-state index in [1.165, 1.54) is 7.11 Å². The number of carbonyl (C=O) groups excluding carboxylic acids is 1. The van der Waals surface area contributed by atoms with Crippen LogP contribution in [0.15, 0.2) is 60.7 Å². The molecule has 106 valence electrons. The molecule has 4 heteroatoms. The second kappa shape index (κ2) is 8.35. The number of hydrogen-bond donors (Lipinski definition) is 1. The van der Waals surface area contributed by atoms with Crippen LogP contribution in [0, 0.1) is 0 Å². The van der Waals surface area contributed by atoms with Crippen LogP contribution in [0.25, 0.3) is 0 Å². The standard InChI is InChI=1S/C16H17NO2.ClH/c1-19-16(18)15(14-10-6-3-7-11-14)17-12-13-8-4-2-5-9-13;/h2-11,15,17H,12H2,1H3;1H. The summed E-state index contributed by atoms with van der Waals surface area (Å²) in [6.07, 6.45) is 0. The molecule has 0 spiro atoms. The predicted molar refractivity (Wildman–Crippen MR) is 81.7 cm³/mol. The highest BCUT2D eigenvalue weighted by atomic mass is 35.5. The summed E-state index contributed by atoms with van der Waals surface area (Å²) in [7, 11) is 1.41. The Morgan fingerprint density at radius 1 is 1.05 bits per heavy atom. The Hall–Kier alpha value is -1.84. The fraction of sp³-hybridized carbons (Fsp3) is 0.188. The van der Waals surface area contributed by atoms with Crippen LogP contribution in [0.5, 0.6) is 0 Å². The lowest BCUT2D eigenvalue weighted by molar-refractivity contribution is -0.143. The SMILES string of the molecule is COC(=O)C(NCc1ccccc1)c1ccccc1.Cl. The summed E-state index contributed by atoms with van der Waals surface area (Å²) in [5.74, 6) is -0.276. The summed E-state index contributed by atoms with van der Waals surface area (Å²) >= 11 is 0. The van der Waals surface area contributed by atoms with E-state index in [0.29, 0.717) is 6.54 Å². The molecule has 0 saturated heterocycles. The van der Waals surface area contributed by atoms with Crippen molar-refractivity contribution in [3.8, 4) is 0 Å². The number of hydrogen-bond acceptors (Lipinski definition) is 3. The van der Waals surface area contributed by atoms with Gasteiger partial charge in [0.05, 0.1) is 7.11 Å². The van der Waals surface area contributed by atoms with Crippen molar-refractivity contribution in [1.29, 1.82) is 0 Å². The van der Waals surface area contributed by atoms with Crippen molar-refractivity contribution in [2.24, 2.45) is 0 Å². The van der Waals surface area contributed by atoms with E-state index in [4.69, 9.17) is 4.74 Å². The summed E-state index contributed by atoms with van der Waals surface area (Å²) in [6.45, 7) is 0.621. The molecule has 0 radical (unpaired) electrons. The van der Waals surface area contributed by atoms with Crippen molar-refractivity contribution >= 4 is 18.4 Å². The van der Waals surface area contributed by atoms with Gasteiger partial charge in [0.25, 0.3) is 0 Å². The molecule has 0 aliphatic rings. The maximum atomic E-state index is 11.8. The van der Waals surface area contributed by atoms with Crippen LogP contribution < -0.4 is 5.32 Å². The molecule has 0 bridgehead atoms. The van der Waals surface area contributed by atoms with Gasteiger partial charge >= 0.3 is 5.97 Å². The Balaban J connectivity index is 0.00000200. The maximum Gasteiger partial charge on any atom is 0.327 e. The lowest BCUT2D eigenvalue weighted by Crippen LogP contribution is -2.29. The Kier molecular flexibility index (Phi) is 6.77. The van der Waals surface area contributed by atoms with E-state index in [0.717, 1.165) is 11.1 Å². The largest absolute Gasteiger partial charge is 0.468 e. The Morgan fingerprint density at radius 2 is 1.60 bits per heavy atom. The topological polar surface area (TPSA) is 38.3 Å². The van der Waals surface area contributed by atoms with Crippen molar-refractivity contribution in [1.82, 2.24) is 5.32 Å². The molecular formula is C16H18ClNO2. The summed E-state index contributed by atoms with van der Waals surface area (Å²) in [5, 5.41) is 3.23. The van der Waals surface area contributed by atoms with E-state index in [9.17, 15) is 4.79 Å². The lowest BCUT2D eigenvalue weighted by atomic mass is 10.1. The molecule has 20 heavy (non-hydrogen) atoms. The minimum Gasteiger partial charge on any atom is -0.468 e. The number of rotatable bonds is 5. The van der Waals surface area contributed by atoms with Gasteiger partial charge in [-0.25, -0.2) is 4.79 Å². The molecule has 1 atom stereocenters. The molecule has 3 nitrogen and oxygen atoms in total. The molecule has 0 fully saturated rings. The van der Waals surface area contributed by atoms with Crippen molar-refractivity contribution in [3.05, 3.63) is 71.8 Å². The van der Waals surface area contributed by atoms with Crippen LogP contribution >= 0.6 is 12.4 Å². The first-order chi connectivity index (χ1) is 9.31. The van der Waals surface area contributed by atoms with Crippen molar-refractivity contribution < 1.29 is 9.53 Å². The number of nitrogens with one attached hydrogen (secondary N) is 1. The van der Waals surface area contributed by atoms with E-state index in [2.05, 4.69) is 5.32 Å². The van der Waals surface area contributed by atoms with Crippen LogP contribution in [-0.4, -0.2) is 13.1 Å². The molecule has 1 N–H and O–H groups in total. The third-order valence-electron chi connectivity index (χ3n) is 2.92. The fourth-order valence-electron chi connectivity index (χ4n) is 1.92. The average molecular weight is 292 g/mol. The molecule has 0 amide bonds. The molecule has 0 heterocycles. The first-order valence-corrected chi connectivity index (χ1v) is 6.21. The number of ether oxygens (including phenoxy) is 1. The molecule has 0 aliphatic carbocycles. The highest BCUT2D eigenvalue weighted by molar-refractivity contribution is 5.85. The van der Waals surface area contributed by atoms with Gasteiger partial charge in [-0.15, -0.1) is 12.4 Å². The van der Waals surface area contributed by atoms with Gasteiger partial charge in [0, 0.05) is 6.54 Å². The number of halogens is 1. The van der Waals surface area contributed by atoms with Crippen LogP contribution in [0.1, 0.15) is 17.2 Å². The zero-order chi connectivity index (χ0) is 13.5. The predicted octanol–water partition coefficient (Wildman–Crippen LogP) is 3.11. The minimum absolute atomic E-state index is 0. The number of benzene rings is 2. The smallest absolute Gasteiger partial charge is 0.327 e. The lowest BCUT2D eigenvalue weighted by Gasteiger charge is -2.16. The first kappa shape index (κ1) is 16.2. The zero-order valence-corrected chi connectivity index (χ0v) is 12.1. The van der Waals surface area contributed by atoms with E-state index >= 15 is 0 Å². The summed E-state index contributed by atoms with van der Waals surface area (Å²) in [4.78, 5) is 11.8. The summed E-state index contributed by atoms with van der Waals surface area (Å²) in [6, 6.07) is 19.1. The molecule has 0 aliphatic heterocycles. The molecular weight excluding hydrogens is 274 g/mol. The average Bonchev–Trinajstić information content (AvgIpc) is 2.49. The third kappa shape index (κ3) is 4.37. The molecule has 0 aromatic heterocycles. The monoisotopic (exact) mass is 291 g/mol. The van der Waals surface area contributed by atoms with Gasteiger partial charge < -0.3 is 4.74 Å². The second-order valence-corrected chi connectivity index (χ2v) is 4.23. The Morgan fingerprint density at radius 3 is 2.15 bits per heavy atom. The van der Waals surface area contributed by atoms with Gasteiger partial charge in [-0.3, -0.25) is 5.32 Å². The molecule has 2 rings (SSSR count). The minimum atomic E-state index is -0.439. The van der Waals surface area contributed by atoms with Gasteiger partial charge in [0.1, 0.15) is 6.04 Å². The van der Waals surface area contributed by atoms with Gasteiger partial charge in [-0.1, -0.05) is 60.7 Å². The van der Waals surface area contributed by atoms with Crippen LogP contribution in [0.3, 0.4) is 0 Å². The first-order valence-electron chi connectivity index (χ1n) is 6.21. The highest BCUT2D eigenvalue weighted by Gasteiger charge is 2.20. The number of esters is 1. The quantitative estimate of drug-likeness (QED) is 0.860. The van der Waals surface area contributed by atoms with Gasteiger partial charge in [-0.2, -0.15) is 0 Å². The second-order valence-electron chi connectivity index (χ2n) is 4.23. The fourth-order valence-corrected chi connectivity index (χ4v) is 1.92. The molecule has 1 unspecified atom stereocenters. The Labute approximate surface area is 125 Å². The van der Waals surface area contributed by atoms with Crippen molar-refractivity contribution in [3.63, 3.8) is 0 Å². The van der Waals surface area contributed by atoms with E-state index in [-0.39, 0.29) is 18.4 Å². The summed E-state index contributed by atoms with van der Waals surface area (Å²) in [5.41, 5.74) is 2.04. The normalized spacial score (nSPS) is 11.2. The maximum absolute atomic E-state index is 11.8. The van der Waals surface area contributed by atoms with E-state index in [1.807, 2.05) is 60.7 Å². The molecule has 2 aromatic rings. The van der Waals surface area contributed by atoms with E-state index in [1.54, 1.807) is 0 Å². The zero-order valence-electron chi connectivity index (χ0n) is 11.3. The molecule has 2 aromatic carbocycles. The third-order valence-corrected chi connectivity index (χ3v) is 2.92. The number of carbonyl (C=O) groups is 1. The highest BCUT2D eigenvalue weighted by Crippen LogP contribution is 2.15. The van der Waals surface area contributed by atoms with Gasteiger partial charge in [0.2, 0.25) is 0 Å². The van der Waals surface area contributed by atoms with Crippen LogP contribution in [0.2, 0.25) is 0 Å². The van der Waals surface area contributed by atoms with Crippen LogP contribution in [0.4, 0.5) is 0 Å².